The minimum Gasteiger partial charge on any atom is -0.355 e. The number of halogens is 2. The first-order valence-electron chi connectivity index (χ1n) is 9.67. The van der Waals surface area contributed by atoms with Gasteiger partial charge in [-0.1, -0.05) is 49.4 Å². The maximum atomic E-state index is 12.4. The summed E-state index contributed by atoms with van der Waals surface area (Å²) in [4.78, 5) is 16.9. The Hall–Kier alpha value is -1.26. The highest BCUT2D eigenvalue weighted by molar-refractivity contribution is 6.36. The van der Waals surface area contributed by atoms with Crippen LogP contribution in [0.2, 0.25) is 10.0 Å². The van der Waals surface area contributed by atoms with Crippen LogP contribution in [0.4, 0.5) is 0 Å². The van der Waals surface area contributed by atoms with E-state index in [0.29, 0.717) is 28.7 Å². The molecule has 1 aliphatic carbocycles. The molecule has 1 saturated carbocycles. The Labute approximate surface area is 165 Å². The van der Waals surface area contributed by atoms with Gasteiger partial charge in [-0.05, 0) is 37.7 Å². The van der Waals surface area contributed by atoms with Crippen LogP contribution in [-0.4, -0.2) is 21.8 Å². The van der Waals surface area contributed by atoms with Crippen LogP contribution in [0.3, 0.4) is 0 Å². The van der Waals surface area contributed by atoms with Gasteiger partial charge >= 0.3 is 0 Å². The standard InChI is InChI=1S/C20H27Cl2N3O/c1-2-3-4-14-5-7-15(8-6-14)20(26)23-10-9-17-13-25-12-16(21)11-18(22)19(25)24-17/h11-15H,2-10H2,1H3,(H,23,26). The number of imidazole rings is 1. The fourth-order valence-corrected chi connectivity index (χ4v) is 4.39. The van der Waals surface area contributed by atoms with Gasteiger partial charge in [0, 0.05) is 31.3 Å². The number of pyridine rings is 1. The number of carbonyl (C=O) groups excluding carboxylic acids is 1. The van der Waals surface area contributed by atoms with Gasteiger partial charge in [0.25, 0.3) is 0 Å². The molecule has 1 N–H and O–H groups in total. The summed E-state index contributed by atoms with van der Waals surface area (Å²) in [5, 5.41) is 4.19. The number of aromatic nitrogens is 2. The number of hydrogen-bond acceptors (Lipinski definition) is 2. The van der Waals surface area contributed by atoms with Crippen molar-refractivity contribution in [2.24, 2.45) is 11.8 Å². The molecule has 26 heavy (non-hydrogen) atoms. The third kappa shape index (κ3) is 4.92. The average molecular weight is 396 g/mol. The molecule has 0 unspecified atom stereocenters. The number of nitrogens with one attached hydrogen (secondary N) is 1. The van der Waals surface area contributed by atoms with E-state index in [0.717, 1.165) is 24.5 Å². The number of unbranched alkanes of at least 4 members (excludes halogenated alkanes) is 1. The summed E-state index contributed by atoms with van der Waals surface area (Å²) in [6.07, 6.45) is 12.8. The highest BCUT2D eigenvalue weighted by atomic mass is 35.5. The molecule has 4 nitrogen and oxygen atoms in total. The van der Waals surface area contributed by atoms with Crippen molar-refractivity contribution in [1.82, 2.24) is 14.7 Å². The van der Waals surface area contributed by atoms with Crippen LogP contribution in [0.5, 0.6) is 0 Å². The second kappa shape index (κ2) is 9.09. The molecule has 0 atom stereocenters. The lowest BCUT2D eigenvalue weighted by Crippen LogP contribution is -2.34. The zero-order valence-electron chi connectivity index (χ0n) is 15.3. The zero-order chi connectivity index (χ0) is 18.5. The first kappa shape index (κ1) is 19.5. The lowest BCUT2D eigenvalue weighted by molar-refractivity contribution is -0.126. The SMILES string of the molecule is CCCCC1CCC(C(=O)NCCc2cn3cc(Cl)cc(Cl)c3n2)CC1. The van der Waals surface area contributed by atoms with E-state index in [2.05, 4.69) is 17.2 Å². The summed E-state index contributed by atoms with van der Waals surface area (Å²) in [6, 6.07) is 1.69. The van der Waals surface area contributed by atoms with Crippen molar-refractivity contribution in [3.63, 3.8) is 0 Å². The van der Waals surface area contributed by atoms with E-state index in [9.17, 15) is 4.79 Å². The van der Waals surface area contributed by atoms with Gasteiger partial charge in [-0.2, -0.15) is 0 Å². The van der Waals surface area contributed by atoms with Gasteiger partial charge in [0.05, 0.1) is 15.7 Å². The molecule has 1 amide bonds. The average Bonchev–Trinajstić information content (AvgIpc) is 3.03. The lowest BCUT2D eigenvalue weighted by atomic mass is 9.79. The van der Waals surface area contributed by atoms with Gasteiger partial charge < -0.3 is 9.72 Å². The summed E-state index contributed by atoms with van der Waals surface area (Å²) in [7, 11) is 0. The van der Waals surface area contributed by atoms with Crippen LogP contribution in [0.15, 0.2) is 18.5 Å². The largest absolute Gasteiger partial charge is 0.355 e. The predicted octanol–water partition coefficient (Wildman–Crippen LogP) is 5.30. The number of nitrogens with zero attached hydrogens (tertiary/aromatic N) is 2. The topological polar surface area (TPSA) is 46.4 Å². The van der Waals surface area contributed by atoms with Crippen LogP contribution >= 0.6 is 23.2 Å². The van der Waals surface area contributed by atoms with Crippen molar-refractivity contribution < 1.29 is 4.79 Å². The number of rotatable bonds is 7. The van der Waals surface area contributed by atoms with Crippen LogP contribution in [-0.2, 0) is 11.2 Å². The van der Waals surface area contributed by atoms with Crippen LogP contribution in [0.25, 0.3) is 5.65 Å². The summed E-state index contributed by atoms with van der Waals surface area (Å²) in [5.74, 6) is 1.21. The maximum Gasteiger partial charge on any atom is 0.223 e. The minimum absolute atomic E-state index is 0.183. The van der Waals surface area contributed by atoms with Crippen molar-refractivity contribution >= 4 is 34.8 Å². The van der Waals surface area contributed by atoms with Gasteiger partial charge in [0.1, 0.15) is 0 Å². The molecule has 3 rings (SSSR count). The molecule has 0 bridgehead atoms. The molecule has 1 fully saturated rings. The monoisotopic (exact) mass is 395 g/mol. The Morgan fingerprint density at radius 3 is 2.77 bits per heavy atom. The van der Waals surface area contributed by atoms with E-state index >= 15 is 0 Å². The summed E-state index contributed by atoms with van der Waals surface area (Å²) < 4.78 is 1.83. The highest BCUT2D eigenvalue weighted by Crippen LogP contribution is 2.32. The highest BCUT2D eigenvalue weighted by Gasteiger charge is 2.25. The van der Waals surface area contributed by atoms with Crippen molar-refractivity contribution in [3.8, 4) is 0 Å². The van der Waals surface area contributed by atoms with E-state index in [-0.39, 0.29) is 11.8 Å². The van der Waals surface area contributed by atoms with E-state index in [1.54, 1.807) is 12.3 Å². The first-order valence-corrected chi connectivity index (χ1v) is 10.4. The number of fused-ring (bicyclic) bond motifs is 1. The van der Waals surface area contributed by atoms with Crippen molar-refractivity contribution in [1.29, 1.82) is 0 Å². The van der Waals surface area contributed by atoms with Gasteiger partial charge in [0.15, 0.2) is 5.65 Å². The third-order valence-electron chi connectivity index (χ3n) is 5.39. The van der Waals surface area contributed by atoms with E-state index < -0.39 is 0 Å². The van der Waals surface area contributed by atoms with Crippen LogP contribution in [0.1, 0.15) is 57.6 Å². The number of hydrogen-bond donors (Lipinski definition) is 1. The minimum atomic E-state index is 0.183. The molecule has 142 valence electrons. The molecule has 2 heterocycles. The zero-order valence-corrected chi connectivity index (χ0v) is 16.8. The molecule has 6 heteroatoms. The molecule has 0 spiro atoms. The number of carbonyl (C=O) groups is 1. The van der Waals surface area contributed by atoms with Gasteiger partial charge in [0.2, 0.25) is 5.91 Å². The Morgan fingerprint density at radius 1 is 1.27 bits per heavy atom. The fourth-order valence-electron chi connectivity index (χ4n) is 3.86. The molecule has 2 aromatic heterocycles. The third-order valence-corrected chi connectivity index (χ3v) is 5.87. The predicted molar refractivity (Wildman–Crippen MR) is 107 cm³/mol. The van der Waals surface area contributed by atoms with Gasteiger partial charge in [-0.15, -0.1) is 0 Å². The van der Waals surface area contributed by atoms with Gasteiger partial charge in [-0.3, -0.25) is 4.79 Å². The van der Waals surface area contributed by atoms with E-state index in [1.165, 1.54) is 32.1 Å². The molecular weight excluding hydrogens is 369 g/mol. The van der Waals surface area contributed by atoms with Crippen LogP contribution < -0.4 is 5.32 Å². The molecule has 2 aromatic rings. The Bertz CT molecular complexity index is 751. The molecule has 0 aliphatic heterocycles. The van der Waals surface area contributed by atoms with E-state index in [1.807, 2.05) is 10.6 Å². The van der Waals surface area contributed by atoms with Crippen molar-refractivity contribution in [2.75, 3.05) is 6.54 Å². The Kier molecular flexibility index (Phi) is 6.82. The van der Waals surface area contributed by atoms with E-state index in [4.69, 9.17) is 23.2 Å². The van der Waals surface area contributed by atoms with Crippen molar-refractivity contribution in [2.45, 2.75) is 58.3 Å². The summed E-state index contributed by atoms with van der Waals surface area (Å²) in [6.45, 7) is 2.84. The summed E-state index contributed by atoms with van der Waals surface area (Å²) in [5.41, 5.74) is 1.60. The molecule has 0 radical (unpaired) electrons. The van der Waals surface area contributed by atoms with Crippen LogP contribution in [0, 0.1) is 11.8 Å². The Balaban J connectivity index is 1.45. The second-order valence-corrected chi connectivity index (χ2v) is 8.21. The first-order chi connectivity index (χ1) is 12.6. The number of amides is 1. The summed E-state index contributed by atoms with van der Waals surface area (Å²) >= 11 is 12.2. The molecule has 0 saturated heterocycles. The smallest absolute Gasteiger partial charge is 0.223 e. The fraction of sp³-hybridized carbons (Fsp3) is 0.600. The quantitative estimate of drug-likeness (QED) is 0.691. The molecule has 1 aliphatic rings. The lowest BCUT2D eigenvalue weighted by Gasteiger charge is -2.27. The second-order valence-electron chi connectivity index (χ2n) is 7.37. The molecular formula is C20H27Cl2N3O. The van der Waals surface area contributed by atoms with Gasteiger partial charge in [-0.25, -0.2) is 4.98 Å². The maximum absolute atomic E-state index is 12.4. The normalized spacial score (nSPS) is 20.4. The Morgan fingerprint density at radius 2 is 2.04 bits per heavy atom. The van der Waals surface area contributed by atoms with Crippen molar-refractivity contribution in [3.05, 3.63) is 34.2 Å². The molecule has 0 aromatic carbocycles.